The van der Waals surface area contributed by atoms with Gasteiger partial charge in [0.1, 0.15) is 16.5 Å². The van der Waals surface area contributed by atoms with E-state index >= 15 is 4.39 Å². The van der Waals surface area contributed by atoms with Crippen LogP contribution in [0.2, 0.25) is 10.0 Å². The van der Waals surface area contributed by atoms with Gasteiger partial charge in [0.15, 0.2) is 0 Å². The number of allylic oxidation sites excluding steroid dienone is 3. The number of unbranched alkanes of at least 4 members (excludes halogenated alkanes) is 1. The van der Waals surface area contributed by atoms with E-state index in [0.717, 1.165) is 44.3 Å². The molecular formula is C29H32Cl5FN2O. The largest absolute Gasteiger partial charge is 0.369 e. The van der Waals surface area contributed by atoms with Gasteiger partial charge in [0, 0.05) is 5.03 Å². The molecule has 3 nitrogen and oxygen atoms in total. The molecule has 1 amide bonds. The standard InChI is InChI=1S/C29H31Cl4FN2O.ClH/c1-2-3-9-22-25(32)21(18-12-14-36-15-13-18)17-28(27(35)37,26(34)19-7-5-4-6-8-19)29(22,33)20-10-11-23(30)24(31)16-20;/h4-8,10-11,16-18,26,36H,2-3,9,12-15H2,1H3,(H2,35,37);1H. The molecule has 1 saturated heterocycles. The first-order chi connectivity index (χ1) is 17.7. The van der Waals surface area contributed by atoms with E-state index in [4.69, 9.17) is 52.1 Å². The average Bonchev–Trinajstić information content (AvgIpc) is 2.91. The first kappa shape index (κ1) is 31.3. The molecule has 4 rings (SSSR count). The number of piperidine rings is 1. The number of carbonyl (C=O) groups excluding carboxylic acids is 1. The smallest absolute Gasteiger partial charge is 0.233 e. The highest BCUT2D eigenvalue weighted by atomic mass is 35.5. The molecule has 0 bridgehead atoms. The van der Waals surface area contributed by atoms with Crippen molar-refractivity contribution in [1.29, 1.82) is 0 Å². The molecule has 0 spiro atoms. The van der Waals surface area contributed by atoms with Crippen LogP contribution in [0.25, 0.3) is 0 Å². The summed E-state index contributed by atoms with van der Waals surface area (Å²) in [5.74, 6) is -0.823. The van der Waals surface area contributed by atoms with Crippen molar-refractivity contribution < 1.29 is 9.18 Å². The van der Waals surface area contributed by atoms with Gasteiger partial charge in [0.2, 0.25) is 5.91 Å². The minimum atomic E-state index is -1.98. The molecule has 2 aromatic rings. The van der Waals surface area contributed by atoms with Crippen molar-refractivity contribution >= 4 is 64.7 Å². The summed E-state index contributed by atoms with van der Waals surface area (Å²) in [7, 11) is 0. The second-order valence-corrected chi connectivity index (χ2v) is 11.6. The molecule has 0 radical (unpaired) electrons. The van der Waals surface area contributed by atoms with Crippen molar-refractivity contribution in [3.63, 3.8) is 0 Å². The van der Waals surface area contributed by atoms with E-state index in [-0.39, 0.29) is 23.3 Å². The third-order valence-corrected chi connectivity index (χ3v) is 9.61. The molecule has 3 atom stereocenters. The zero-order valence-corrected chi connectivity index (χ0v) is 24.9. The normalized spacial score (nSPS) is 24.9. The number of carbonyl (C=O) groups is 1. The average molecular weight is 621 g/mol. The van der Waals surface area contributed by atoms with Crippen molar-refractivity contribution in [2.45, 2.75) is 50.1 Å². The van der Waals surface area contributed by atoms with Gasteiger partial charge in [0.05, 0.1) is 10.0 Å². The Morgan fingerprint density at radius 3 is 2.34 bits per heavy atom. The summed E-state index contributed by atoms with van der Waals surface area (Å²) in [5.41, 5.74) is 6.28. The van der Waals surface area contributed by atoms with Crippen LogP contribution in [0.1, 0.15) is 56.3 Å². The third-order valence-electron chi connectivity index (χ3n) is 7.66. The summed E-state index contributed by atoms with van der Waals surface area (Å²) in [6.45, 7) is 3.66. The first-order valence-corrected chi connectivity index (χ1v) is 14.2. The van der Waals surface area contributed by atoms with Gasteiger partial charge in [0.25, 0.3) is 0 Å². The highest BCUT2D eigenvalue weighted by Crippen LogP contribution is 2.64. The van der Waals surface area contributed by atoms with Crippen LogP contribution in [0.5, 0.6) is 0 Å². The number of hydrogen-bond acceptors (Lipinski definition) is 2. The topological polar surface area (TPSA) is 55.1 Å². The fourth-order valence-electron chi connectivity index (χ4n) is 5.67. The van der Waals surface area contributed by atoms with Crippen LogP contribution in [-0.4, -0.2) is 19.0 Å². The van der Waals surface area contributed by atoms with E-state index < -0.39 is 22.4 Å². The van der Waals surface area contributed by atoms with Gasteiger partial charge in [-0.15, -0.1) is 24.0 Å². The first-order valence-electron chi connectivity index (χ1n) is 12.6. The predicted octanol–water partition coefficient (Wildman–Crippen LogP) is 8.65. The van der Waals surface area contributed by atoms with Crippen LogP contribution < -0.4 is 11.1 Å². The number of nitrogens with one attached hydrogen (secondary N) is 1. The van der Waals surface area contributed by atoms with Gasteiger partial charge < -0.3 is 11.1 Å². The van der Waals surface area contributed by atoms with Gasteiger partial charge in [-0.1, -0.05) is 90.6 Å². The van der Waals surface area contributed by atoms with Gasteiger partial charge in [-0.25, -0.2) is 4.39 Å². The zero-order valence-electron chi connectivity index (χ0n) is 21.1. The minimum Gasteiger partial charge on any atom is -0.369 e. The molecule has 1 fully saturated rings. The molecule has 1 aliphatic heterocycles. The van der Waals surface area contributed by atoms with E-state index in [9.17, 15) is 4.79 Å². The Morgan fingerprint density at radius 2 is 1.76 bits per heavy atom. The zero-order chi connectivity index (χ0) is 26.8. The second-order valence-electron chi connectivity index (χ2n) is 9.81. The summed E-state index contributed by atoms with van der Waals surface area (Å²) in [6, 6.07) is 13.4. The van der Waals surface area contributed by atoms with Crippen LogP contribution >= 0.6 is 58.8 Å². The van der Waals surface area contributed by atoms with Crippen LogP contribution in [-0.2, 0) is 9.67 Å². The Labute approximate surface area is 250 Å². The Bertz CT molecular complexity index is 1210. The van der Waals surface area contributed by atoms with Crippen molar-refractivity contribution in [2.75, 3.05) is 13.1 Å². The summed E-state index contributed by atoms with van der Waals surface area (Å²) >= 11 is 27.5. The third kappa shape index (κ3) is 5.38. The Balaban J connectivity index is 0.00000400. The molecule has 9 heteroatoms. The van der Waals surface area contributed by atoms with Crippen LogP contribution in [0.4, 0.5) is 4.39 Å². The molecule has 3 N–H and O–H groups in total. The molecule has 1 aliphatic carbocycles. The van der Waals surface area contributed by atoms with Crippen LogP contribution in [0.15, 0.2) is 70.8 Å². The fourth-order valence-corrected chi connectivity index (χ4v) is 7.01. The number of hydrogen-bond donors (Lipinski definition) is 2. The number of amides is 1. The van der Waals surface area contributed by atoms with Crippen molar-refractivity contribution in [1.82, 2.24) is 5.32 Å². The molecule has 0 saturated carbocycles. The van der Waals surface area contributed by atoms with E-state index in [1.807, 2.05) is 0 Å². The summed E-state index contributed by atoms with van der Waals surface area (Å²) in [6.07, 6.45) is 3.48. The number of nitrogens with two attached hydrogens (primary N) is 1. The van der Waals surface area contributed by atoms with Crippen molar-refractivity contribution in [2.24, 2.45) is 17.1 Å². The van der Waals surface area contributed by atoms with Gasteiger partial charge in [-0.05, 0) is 79.1 Å². The SMILES string of the molecule is CCCCC1=C(Cl)C(C2CCNCC2)=CC(C(N)=O)(C(F)c2ccccc2)C1(Cl)c1ccc(Cl)c(Cl)c1.Cl. The number of primary amides is 1. The monoisotopic (exact) mass is 618 g/mol. The lowest BCUT2D eigenvalue weighted by Gasteiger charge is -2.50. The molecule has 206 valence electrons. The van der Waals surface area contributed by atoms with Crippen LogP contribution in [0.3, 0.4) is 0 Å². The van der Waals surface area contributed by atoms with Crippen molar-refractivity contribution in [3.05, 3.63) is 92.0 Å². The number of benzene rings is 2. The van der Waals surface area contributed by atoms with E-state index in [1.54, 1.807) is 54.6 Å². The summed E-state index contributed by atoms with van der Waals surface area (Å²) in [4.78, 5) is 12.0. The van der Waals surface area contributed by atoms with Crippen molar-refractivity contribution in [3.8, 4) is 0 Å². The van der Waals surface area contributed by atoms with Crippen LogP contribution in [0, 0.1) is 11.3 Å². The Kier molecular flexibility index (Phi) is 10.6. The predicted molar refractivity (Wildman–Crippen MR) is 159 cm³/mol. The maximum atomic E-state index is 17.1. The lowest BCUT2D eigenvalue weighted by atomic mass is 9.58. The maximum absolute atomic E-state index is 17.1. The quantitative estimate of drug-likeness (QED) is 0.290. The Hall–Kier alpha value is -1.27. The van der Waals surface area contributed by atoms with E-state index in [1.165, 1.54) is 0 Å². The Morgan fingerprint density at radius 1 is 1.11 bits per heavy atom. The highest BCUT2D eigenvalue weighted by molar-refractivity contribution is 6.42. The number of rotatable bonds is 8. The second kappa shape index (κ2) is 12.9. The minimum absolute atomic E-state index is 0. The number of halogens is 6. The molecule has 2 aromatic carbocycles. The number of alkyl halides is 2. The van der Waals surface area contributed by atoms with Gasteiger partial charge in [-0.2, -0.15) is 0 Å². The maximum Gasteiger partial charge on any atom is 0.233 e. The van der Waals surface area contributed by atoms with E-state index in [0.29, 0.717) is 33.2 Å². The summed E-state index contributed by atoms with van der Waals surface area (Å²) in [5, 5.41) is 4.40. The molecule has 0 aromatic heterocycles. The molecule has 1 heterocycles. The van der Waals surface area contributed by atoms with Gasteiger partial charge in [-0.3, -0.25) is 4.79 Å². The lowest BCUT2D eigenvalue weighted by molar-refractivity contribution is -0.130. The molecule has 38 heavy (non-hydrogen) atoms. The molecule has 2 aliphatic rings. The highest BCUT2D eigenvalue weighted by Gasteiger charge is 2.64. The van der Waals surface area contributed by atoms with Gasteiger partial charge >= 0.3 is 0 Å². The van der Waals surface area contributed by atoms with E-state index in [2.05, 4.69) is 12.2 Å². The molecule has 3 unspecified atom stereocenters. The lowest BCUT2D eigenvalue weighted by Crippen LogP contribution is -2.55. The summed E-state index contributed by atoms with van der Waals surface area (Å²) < 4.78 is 17.1. The fraction of sp³-hybridized carbons (Fsp3) is 0.414. The molecular weight excluding hydrogens is 589 g/mol.